The van der Waals surface area contributed by atoms with Gasteiger partial charge >= 0.3 is 0 Å². The smallest absolute Gasteiger partial charge is 0.222 e. The Hall–Kier alpha value is -1.19. The third-order valence-electron chi connectivity index (χ3n) is 1.69. The van der Waals surface area contributed by atoms with Gasteiger partial charge in [-0.3, -0.25) is 0 Å². The SMILES string of the molecule is Nc1cc(-c2cc(Cl)cc(Cl)c2)no1. The predicted molar refractivity (Wildman–Crippen MR) is 56.4 cm³/mol. The van der Waals surface area contributed by atoms with Crippen LogP contribution in [0.5, 0.6) is 0 Å². The summed E-state index contributed by atoms with van der Waals surface area (Å²) in [7, 11) is 0. The molecule has 3 nitrogen and oxygen atoms in total. The van der Waals surface area contributed by atoms with Gasteiger partial charge in [0.15, 0.2) is 0 Å². The fraction of sp³-hybridized carbons (Fsp3) is 0. The first-order chi connectivity index (χ1) is 6.65. The fourth-order valence-corrected chi connectivity index (χ4v) is 1.65. The molecule has 72 valence electrons. The van der Waals surface area contributed by atoms with Crippen LogP contribution in [0.25, 0.3) is 11.3 Å². The van der Waals surface area contributed by atoms with Gasteiger partial charge in [0.25, 0.3) is 0 Å². The Morgan fingerprint density at radius 1 is 1.07 bits per heavy atom. The van der Waals surface area contributed by atoms with Crippen LogP contribution in [0.2, 0.25) is 10.0 Å². The van der Waals surface area contributed by atoms with E-state index in [1.54, 1.807) is 24.3 Å². The average molecular weight is 229 g/mol. The van der Waals surface area contributed by atoms with E-state index in [9.17, 15) is 0 Å². The zero-order chi connectivity index (χ0) is 10.1. The maximum absolute atomic E-state index is 5.83. The lowest BCUT2D eigenvalue weighted by molar-refractivity contribution is 0.439. The van der Waals surface area contributed by atoms with Gasteiger partial charge in [-0.2, -0.15) is 0 Å². The minimum absolute atomic E-state index is 0.260. The van der Waals surface area contributed by atoms with Gasteiger partial charge < -0.3 is 10.3 Å². The van der Waals surface area contributed by atoms with Crippen LogP contribution in [-0.4, -0.2) is 5.16 Å². The van der Waals surface area contributed by atoms with E-state index < -0.39 is 0 Å². The fourth-order valence-electron chi connectivity index (χ4n) is 1.13. The molecular weight excluding hydrogens is 223 g/mol. The molecule has 2 N–H and O–H groups in total. The van der Waals surface area contributed by atoms with Crippen molar-refractivity contribution in [2.24, 2.45) is 0 Å². The summed E-state index contributed by atoms with van der Waals surface area (Å²) in [5.41, 5.74) is 6.79. The molecule has 1 aromatic heterocycles. The van der Waals surface area contributed by atoms with Crippen LogP contribution in [0.4, 0.5) is 5.88 Å². The van der Waals surface area contributed by atoms with E-state index in [4.69, 9.17) is 33.5 Å². The highest BCUT2D eigenvalue weighted by atomic mass is 35.5. The van der Waals surface area contributed by atoms with Gasteiger partial charge in [-0.15, -0.1) is 0 Å². The molecule has 0 atom stereocenters. The summed E-state index contributed by atoms with van der Waals surface area (Å²) in [6.07, 6.45) is 0. The minimum atomic E-state index is 0.260. The molecule has 0 amide bonds. The number of nitrogens with zero attached hydrogens (tertiary/aromatic N) is 1. The Kier molecular flexibility index (Phi) is 2.35. The molecule has 0 fully saturated rings. The highest BCUT2D eigenvalue weighted by Crippen LogP contribution is 2.27. The molecule has 0 saturated carbocycles. The monoisotopic (exact) mass is 228 g/mol. The zero-order valence-electron chi connectivity index (χ0n) is 7.00. The number of hydrogen-bond acceptors (Lipinski definition) is 3. The maximum atomic E-state index is 5.83. The first-order valence-electron chi connectivity index (χ1n) is 3.84. The van der Waals surface area contributed by atoms with E-state index in [1.807, 2.05) is 0 Å². The van der Waals surface area contributed by atoms with Crippen LogP contribution in [0, 0.1) is 0 Å². The third-order valence-corrected chi connectivity index (χ3v) is 2.12. The van der Waals surface area contributed by atoms with E-state index in [-0.39, 0.29) is 5.88 Å². The topological polar surface area (TPSA) is 52.0 Å². The summed E-state index contributed by atoms with van der Waals surface area (Å²) < 4.78 is 4.74. The summed E-state index contributed by atoms with van der Waals surface area (Å²) in [5, 5.41) is 4.85. The lowest BCUT2D eigenvalue weighted by atomic mass is 10.1. The largest absolute Gasteiger partial charge is 0.368 e. The second-order valence-electron chi connectivity index (χ2n) is 2.77. The quantitative estimate of drug-likeness (QED) is 0.816. The summed E-state index contributed by atoms with van der Waals surface area (Å²) in [6.45, 7) is 0. The van der Waals surface area contributed by atoms with Crippen molar-refractivity contribution in [1.29, 1.82) is 0 Å². The number of anilines is 1. The third kappa shape index (κ3) is 1.84. The molecule has 0 saturated heterocycles. The standard InChI is InChI=1S/C9H6Cl2N2O/c10-6-1-5(2-7(11)3-6)8-4-9(12)14-13-8/h1-4H,12H2. The van der Waals surface area contributed by atoms with Gasteiger partial charge in [-0.05, 0) is 18.2 Å². The number of hydrogen-bond donors (Lipinski definition) is 1. The molecule has 0 aliphatic rings. The highest BCUT2D eigenvalue weighted by molar-refractivity contribution is 6.35. The second-order valence-corrected chi connectivity index (χ2v) is 3.65. The first kappa shape index (κ1) is 9.37. The van der Waals surface area contributed by atoms with Gasteiger partial charge in [-0.1, -0.05) is 28.4 Å². The number of halogens is 2. The van der Waals surface area contributed by atoms with Crippen molar-refractivity contribution in [3.05, 3.63) is 34.3 Å². The Labute approximate surface area is 90.4 Å². The van der Waals surface area contributed by atoms with Gasteiger partial charge in [0, 0.05) is 21.7 Å². The Balaban J connectivity index is 2.51. The number of nitrogen functional groups attached to an aromatic ring is 1. The van der Waals surface area contributed by atoms with Crippen molar-refractivity contribution in [3.63, 3.8) is 0 Å². The first-order valence-corrected chi connectivity index (χ1v) is 4.59. The molecule has 0 spiro atoms. The molecular formula is C9H6Cl2N2O. The van der Waals surface area contributed by atoms with Gasteiger partial charge in [-0.25, -0.2) is 0 Å². The molecule has 0 unspecified atom stereocenters. The van der Waals surface area contributed by atoms with Crippen LogP contribution in [0.1, 0.15) is 0 Å². The van der Waals surface area contributed by atoms with Gasteiger partial charge in [0.05, 0.1) is 0 Å². The van der Waals surface area contributed by atoms with Crippen molar-refractivity contribution < 1.29 is 4.52 Å². The average Bonchev–Trinajstić information content (AvgIpc) is 2.50. The van der Waals surface area contributed by atoms with Crippen molar-refractivity contribution >= 4 is 29.1 Å². The maximum Gasteiger partial charge on any atom is 0.222 e. The molecule has 2 rings (SSSR count). The van der Waals surface area contributed by atoms with Crippen LogP contribution in [0.3, 0.4) is 0 Å². The Bertz CT molecular complexity index is 447. The number of aromatic nitrogens is 1. The molecule has 1 aromatic carbocycles. The number of nitrogens with two attached hydrogens (primary N) is 1. The molecule has 0 radical (unpaired) electrons. The number of benzene rings is 1. The van der Waals surface area contributed by atoms with E-state index in [1.165, 1.54) is 0 Å². The van der Waals surface area contributed by atoms with E-state index >= 15 is 0 Å². The second kappa shape index (κ2) is 3.52. The van der Waals surface area contributed by atoms with Crippen LogP contribution in [0.15, 0.2) is 28.8 Å². The van der Waals surface area contributed by atoms with E-state index in [2.05, 4.69) is 5.16 Å². The van der Waals surface area contributed by atoms with Crippen LogP contribution < -0.4 is 5.73 Å². The predicted octanol–water partition coefficient (Wildman–Crippen LogP) is 3.23. The molecule has 0 bridgehead atoms. The van der Waals surface area contributed by atoms with Gasteiger partial charge in [0.1, 0.15) is 5.69 Å². The Morgan fingerprint density at radius 2 is 1.71 bits per heavy atom. The summed E-state index contributed by atoms with van der Waals surface area (Å²) >= 11 is 11.7. The van der Waals surface area contributed by atoms with Crippen LogP contribution >= 0.6 is 23.2 Å². The zero-order valence-corrected chi connectivity index (χ0v) is 8.51. The minimum Gasteiger partial charge on any atom is -0.368 e. The normalized spacial score (nSPS) is 10.4. The lowest BCUT2D eigenvalue weighted by Crippen LogP contribution is -1.78. The van der Waals surface area contributed by atoms with E-state index in [0.717, 1.165) is 5.56 Å². The van der Waals surface area contributed by atoms with Gasteiger partial charge in [0.2, 0.25) is 5.88 Å². The molecule has 0 aliphatic heterocycles. The summed E-state index contributed by atoms with van der Waals surface area (Å²) in [6, 6.07) is 6.74. The van der Waals surface area contributed by atoms with Crippen molar-refractivity contribution in [2.75, 3.05) is 5.73 Å². The van der Waals surface area contributed by atoms with Crippen LogP contribution in [-0.2, 0) is 0 Å². The van der Waals surface area contributed by atoms with Crippen molar-refractivity contribution in [3.8, 4) is 11.3 Å². The van der Waals surface area contributed by atoms with E-state index in [0.29, 0.717) is 15.7 Å². The molecule has 0 aliphatic carbocycles. The number of rotatable bonds is 1. The van der Waals surface area contributed by atoms with Crippen molar-refractivity contribution in [1.82, 2.24) is 5.16 Å². The Morgan fingerprint density at radius 3 is 2.21 bits per heavy atom. The summed E-state index contributed by atoms with van der Waals surface area (Å²) in [5.74, 6) is 0.260. The highest BCUT2D eigenvalue weighted by Gasteiger charge is 2.05. The molecule has 1 heterocycles. The summed E-state index contributed by atoms with van der Waals surface area (Å²) in [4.78, 5) is 0. The lowest BCUT2D eigenvalue weighted by Gasteiger charge is -1.97. The molecule has 5 heteroatoms. The van der Waals surface area contributed by atoms with Crippen molar-refractivity contribution in [2.45, 2.75) is 0 Å². The molecule has 2 aromatic rings. The molecule has 14 heavy (non-hydrogen) atoms.